The van der Waals surface area contributed by atoms with E-state index >= 15 is 0 Å². The molecule has 0 radical (unpaired) electrons. The van der Waals surface area contributed by atoms with Gasteiger partial charge in [-0.15, -0.1) is 0 Å². The summed E-state index contributed by atoms with van der Waals surface area (Å²) in [5.41, 5.74) is 3.99. The fourth-order valence-electron chi connectivity index (χ4n) is 2.50. The molecule has 0 bridgehead atoms. The van der Waals surface area contributed by atoms with Gasteiger partial charge >= 0.3 is 0 Å². The number of fused-ring (bicyclic) bond motifs is 1. The van der Waals surface area contributed by atoms with Gasteiger partial charge in [-0.2, -0.15) is 0 Å². The first-order valence-electron chi connectivity index (χ1n) is 6.40. The SMILES string of the molecule is Cc1cc(N2CCc3[nH]c(=S)[nH]c(=O)c3C2)ccc1Br. The van der Waals surface area contributed by atoms with Crippen LogP contribution in [0.25, 0.3) is 0 Å². The Balaban J connectivity index is 1.98. The highest BCUT2D eigenvalue weighted by molar-refractivity contribution is 9.10. The van der Waals surface area contributed by atoms with Crippen LogP contribution in [0, 0.1) is 11.7 Å². The Hall–Kier alpha value is -1.40. The number of nitrogens with one attached hydrogen (secondary N) is 2. The highest BCUT2D eigenvalue weighted by Gasteiger charge is 2.20. The maximum Gasteiger partial charge on any atom is 0.256 e. The second-order valence-corrected chi connectivity index (χ2v) is 6.23. The molecule has 104 valence electrons. The van der Waals surface area contributed by atoms with Gasteiger partial charge in [0.15, 0.2) is 4.77 Å². The average Bonchev–Trinajstić information content (AvgIpc) is 2.41. The molecule has 0 saturated heterocycles. The van der Waals surface area contributed by atoms with Gasteiger partial charge in [-0.25, -0.2) is 0 Å². The van der Waals surface area contributed by atoms with Gasteiger partial charge in [-0.05, 0) is 42.9 Å². The summed E-state index contributed by atoms with van der Waals surface area (Å²) in [6.45, 7) is 3.55. The summed E-state index contributed by atoms with van der Waals surface area (Å²) in [4.78, 5) is 20.0. The molecule has 0 fully saturated rings. The number of benzene rings is 1. The van der Waals surface area contributed by atoms with E-state index in [0.29, 0.717) is 11.3 Å². The van der Waals surface area contributed by atoms with E-state index in [1.807, 2.05) is 6.07 Å². The Bertz CT molecular complexity index is 781. The summed E-state index contributed by atoms with van der Waals surface area (Å²) >= 11 is 8.52. The number of anilines is 1. The summed E-state index contributed by atoms with van der Waals surface area (Å²) in [6, 6.07) is 6.25. The molecule has 0 amide bonds. The van der Waals surface area contributed by atoms with Crippen LogP contribution in [0.1, 0.15) is 16.8 Å². The van der Waals surface area contributed by atoms with Gasteiger partial charge < -0.3 is 9.88 Å². The molecule has 0 unspecified atom stereocenters. The molecular formula is C14H14BrN3OS. The molecule has 0 aliphatic carbocycles. The van der Waals surface area contributed by atoms with Crippen molar-refractivity contribution in [2.45, 2.75) is 19.9 Å². The van der Waals surface area contributed by atoms with E-state index in [0.717, 1.165) is 34.4 Å². The third kappa shape index (κ3) is 2.45. The molecule has 0 saturated carbocycles. The number of aryl methyl sites for hydroxylation is 1. The zero-order valence-electron chi connectivity index (χ0n) is 11.0. The summed E-state index contributed by atoms with van der Waals surface area (Å²) in [7, 11) is 0. The van der Waals surface area contributed by atoms with Crippen molar-refractivity contribution >= 4 is 33.8 Å². The maximum atomic E-state index is 12.0. The van der Waals surface area contributed by atoms with Crippen LogP contribution < -0.4 is 10.5 Å². The number of halogens is 1. The molecule has 1 aliphatic heterocycles. The molecule has 2 N–H and O–H groups in total. The van der Waals surface area contributed by atoms with E-state index in [1.165, 1.54) is 5.56 Å². The van der Waals surface area contributed by atoms with Crippen LogP contribution in [0.5, 0.6) is 0 Å². The monoisotopic (exact) mass is 351 g/mol. The summed E-state index contributed by atoms with van der Waals surface area (Å²) in [5, 5.41) is 0. The summed E-state index contributed by atoms with van der Waals surface area (Å²) < 4.78 is 1.50. The van der Waals surface area contributed by atoms with E-state index < -0.39 is 0 Å². The lowest BCUT2D eigenvalue weighted by Crippen LogP contribution is -2.35. The van der Waals surface area contributed by atoms with Crippen molar-refractivity contribution in [3.8, 4) is 0 Å². The van der Waals surface area contributed by atoms with E-state index in [2.05, 4.69) is 49.9 Å². The molecule has 1 aliphatic rings. The maximum absolute atomic E-state index is 12.0. The largest absolute Gasteiger partial charge is 0.367 e. The van der Waals surface area contributed by atoms with Crippen molar-refractivity contribution < 1.29 is 0 Å². The van der Waals surface area contributed by atoms with E-state index in [9.17, 15) is 4.79 Å². The number of H-pyrrole nitrogens is 2. The molecule has 1 aromatic heterocycles. The Morgan fingerprint density at radius 1 is 1.35 bits per heavy atom. The Morgan fingerprint density at radius 2 is 2.15 bits per heavy atom. The molecule has 20 heavy (non-hydrogen) atoms. The molecule has 2 aromatic rings. The lowest BCUT2D eigenvalue weighted by molar-refractivity contribution is 0.695. The van der Waals surface area contributed by atoms with Crippen molar-refractivity contribution in [1.29, 1.82) is 0 Å². The number of nitrogens with zero attached hydrogens (tertiary/aromatic N) is 1. The molecule has 0 atom stereocenters. The number of aromatic amines is 2. The van der Waals surface area contributed by atoms with Gasteiger partial charge in [0, 0.05) is 28.8 Å². The number of aromatic nitrogens is 2. The van der Waals surface area contributed by atoms with Gasteiger partial charge in [0.1, 0.15) is 0 Å². The minimum absolute atomic E-state index is 0.0812. The minimum Gasteiger partial charge on any atom is -0.367 e. The Kier molecular flexibility index (Phi) is 3.52. The first-order chi connectivity index (χ1) is 9.54. The second kappa shape index (κ2) is 5.18. The lowest BCUT2D eigenvalue weighted by Gasteiger charge is -2.30. The lowest BCUT2D eigenvalue weighted by atomic mass is 10.1. The van der Waals surface area contributed by atoms with Gasteiger partial charge in [0.05, 0.1) is 12.1 Å². The first-order valence-corrected chi connectivity index (χ1v) is 7.60. The van der Waals surface area contributed by atoms with Crippen LogP contribution in [0.4, 0.5) is 5.69 Å². The Labute approximate surface area is 130 Å². The molecule has 4 nitrogen and oxygen atoms in total. The van der Waals surface area contributed by atoms with E-state index in [-0.39, 0.29) is 5.56 Å². The normalized spacial score (nSPS) is 14.2. The number of rotatable bonds is 1. The fourth-order valence-corrected chi connectivity index (χ4v) is 2.97. The topological polar surface area (TPSA) is 51.9 Å². The van der Waals surface area contributed by atoms with Crippen molar-refractivity contribution in [1.82, 2.24) is 9.97 Å². The second-order valence-electron chi connectivity index (χ2n) is 4.97. The fraction of sp³-hybridized carbons (Fsp3) is 0.286. The van der Waals surface area contributed by atoms with E-state index in [1.54, 1.807) is 0 Å². The van der Waals surface area contributed by atoms with Gasteiger partial charge in [-0.3, -0.25) is 9.78 Å². The van der Waals surface area contributed by atoms with Crippen molar-refractivity contribution in [3.63, 3.8) is 0 Å². The Morgan fingerprint density at radius 3 is 2.90 bits per heavy atom. The van der Waals surface area contributed by atoms with Gasteiger partial charge in [0.2, 0.25) is 0 Å². The first kappa shape index (κ1) is 13.6. The van der Waals surface area contributed by atoms with Crippen LogP contribution in [-0.4, -0.2) is 16.5 Å². The number of hydrogen-bond acceptors (Lipinski definition) is 3. The molecular weight excluding hydrogens is 338 g/mol. The molecule has 2 heterocycles. The van der Waals surface area contributed by atoms with Crippen molar-refractivity contribution in [3.05, 3.63) is 54.6 Å². The molecule has 6 heteroatoms. The van der Waals surface area contributed by atoms with Crippen molar-refractivity contribution in [2.75, 3.05) is 11.4 Å². The quantitative estimate of drug-likeness (QED) is 0.776. The highest BCUT2D eigenvalue weighted by Crippen LogP contribution is 2.26. The predicted molar refractivity (Wildman–Crippen MR) is 85.9 cm³/mol. The summed E-state index contributed by atoms with van der Waals surface area (Å²) in [6.07, 6.45) is 0.804. The van der Waals surface area contributed by atoms with Crippen LogP contribution in [0.2, 0.25) is 0 Å². The third-order valence-electron chi connectivity index (χ3n) is 3.62. The standard InChI is InChI=1S/C14H14BrN3OS/c1-8-6-9(2-3-11(8)15)18-5-4-12-10(7-18)13(19)17-14(20)16-12/h2-3,6H,4-5,7H2,1H3,(H2,16,17,19,20). The summed E-state index contributed by atoms with van der Waals surface area (Å²) in [5.74, 6) is 0. The van der Waals surface area contributed by atoms with E-state index in [4.69, 9.17) is 12.2 Å². The predicted octanol–water partition coefficient (Wildman–Crippen LogP) is 3.07. The van der Waals surface area contributed by atoms with Crippen molar-refractivity contribution in [2.24, 2.45) is 0 Å². The third-order valence-corrected chi connectivity index (χ3v) is 4.71. The molecule has 3 rings (SSSR count). The van der Waals surface area contributed by atoms with Crippen LogP contribution >= 0.6 is 28.1 Å². The average molecular weight is 352 g/mol. The zero-order chi connectivity index (χ0) is 14.3. The molecule has 1 aromatic carbocycles. The van der Waals surface area contributed by atoms with Crippen LogP contribution in [0.15, 0.2) is 27.5 Å². The zero-order valence-corrected chi connectivity index (χ0v) is 13.4. The minimum atomic E-state index is -0.0812. The number of hydrogen-bond donors (Lipinski definition) is 2. The van der Waals surface area contributed by atoms with Crippen LogP contribution in [-0.2, 0) is 13.0 Å². The van der Waals surface area contributed by atoms with Crippen LogP contribution in [0.3, 0.4) is 0 Å². The smallest absolute Gasteiger partial charge is 0.256 e. The van der Waals surface area contributed by atoms with Gasteiger partial charge in [0.25, 0.3) is 5.56 Å². The highest BCUT2D eigenvalue weighted by atomic mass is 79.9. The van der Waals surface area contributed by atoms with Gasteiger partial charge in [-0.1, -0.05) is 15.9 Å². The molecule has 0 spiro atoms.